The maximum Gasteiger partial charge on any atom is 0.321 e. The number of nitrogens with zero attached hydrogens (tertiary/aromatic N) is 4. The van der Waals surface area contributed by atoms with Crippen molar-refractivity contribution in [3.05, 3.63) is 60.2 Å². The van der Waals surface area contributed by atoms with Crippen molar-refractivity contribution < 1.29 is 9.32 Å². The highest BCUT2D eigenvalue weighted by molar-refractivity contribution is 5.89. The molecular weight excluding hydrogens is 342 g/mol. The van der Waals surface area contributed by atoms with E-state index in [0.29, 0.717) is 24.8 Å². The van der Waals surface area contributed by atoms with E-state index >= 15 is 0 Å². The highest BCUT2D eigenvalue weighted by atomic mass is 16.5. The summed E-state index contributed by atoms with van der Waals surface area (Å²) in [4.78, 5) is 23.0. The fourth-order valence-electron chi connectivity index (χ4n) is 3.38. The number of hydrogen-bond acceptors (Lipinski definition) is 5. The number of hydrogen-bond donors (Lipinski definition) is 1. The van der Waals surface area contributed by atoms with E-state index in [4.69, 9.17) is 4.52 Å². The van der Waals surface area contributed by atoms with E-state index in [0.717, 1.165) is 16.8 Å². The number of aromatic nitrogens is 3. The minimum absolute atomic E-state index is 0.0196. The predicted molar refractivity (Wildman–Crippen MR) is 101 cm³/mol. The average Bonchev–Trinajstić information content (AvgIpc) is 3.29. The van der Waals surface area contributed by atoms with Crippen LogP contribution in [-0.4, -0.2) is 39.1 Å². The molecule has 27 heavy (non-hydrogen) atoms. The number of pyridine rings is 1. The van der Waals surface area contributed by atoms with E-state index in [9.17, 15) is 4.79 Å². The Morgan fingerprint density at radius 1 is 1.26 bits per heavy atom. The van der Waals surface area contributed by atoms with Crippen molar-refractivity contribution >= 4 is 11.7 Å². The number of rotatable bonds is 3. The second-order valence-electron chi connectivity index (χ2n) is 6.99. The molecular formula is C20H21N5O2. The Kier molecular flexibility index (Phi) is 4.58. The summed E-state index contributed by atoms with van der Waals surface area (Å²) in [5, 5.41) is 7.03. The Morgan fingerprint density at radius 3 is 2.93 bits per heavy atom. The Morgan fingerprint density at radius 2 is 2.15 bits per heavy atom. The van der Waals surface area contributed by atoms with Crippen molar-refractivity contribution in [2.75, 3.05) is 18.4 Å². The SMILES string of the molecule is Cc1cccc(NC(=O)N2CC(C)C(c3nc(-c4cccnc4)no3)C2)c1. The van der Waals surface area contributed by atoms with Crippen LogP contribution >= 0.6 is 0 Å². The van der Waals surface area contributed by atoms with Gasteiger partial charge in [-0.3, -0.25) is 4.98 Å². The van der Waals surface area contributed by atoms with Gasteiger partial charge in [-0.25, -0.2) is 4.79 Å². The molecule has 7 nitrogen and oxygen atoms in total. The summed E-state index contributed by atoms with van der Waals surface area (Å²) < 4.78 is 5.49. The molecule has 0 radical (unpaired) electrons. The largest absolute Gasteiger partial charge is 0.339 e. The van der Waals surface area contributed by atoms with Crippen LogP contribution in [0, 0.1) is 12.8 Å². The number of carbonyl (C=O) groups is 1. The summed E-state index contributed by atoms with van der Waals surface area (Å²) in [5.74, 6) is 1.34. The van der Waals surface area contributed by atoms with Crippen LogP contribution in [-0.2, 0) is 0 Å². The van der Waals surface area contributed by atoms with Gasteiger partial charge >= 0.3 is 6.03 Å². The van der Waals surface area contributed by atoms with Gasteiger partial charge in [0.2, 0.25) is 11.7 Å². The van der Waals surface area contributed by atoms with Gasteiger partial charge in [-0.05, 0) is 42.7 Å². The first-order chi connectivity index (χ1) is 13.1. The molecule has 0 spiro atoms. The molecule has 2 atom stereocenters. The van der Waals surface area contributed by atoms with Crippen molar-refractivity contribution in [1.82, 2.24) is 20.0 Å². The molecule has 2 amide bonds. The molecule has 1 saturated heterocycles. The lowest BCUT2D eigenvalue weighted by molar-refractivity contribution is 0.220. The number of nitrogens with one attached hydrogen (secondary N) is 1. The minimum atomic E-state index is -0.109. The van der Waals surface area contributed by atoms with Gasteiger partial charge in [0.1, 0.15) is 0 Å². The molecule has 0 bridgehead atoms. The van der Waals surface area contributed by atoms with E-state index in [1.807, 2.05) is 43.3 Å². The summed E-state index contributed by atoms with van der Waals surface area (Å²) in [6.45, 7) is 5.29. The Labute approximate surface area is 157 Å². The first kappa shape index (κ1) is 17.2. The molecule has 2 aromatic heterocycles. The maximum absolute atomic E-state index is 12.6. The molecule has 7 heteroatoms. The molecule has 2 unspecified atom stereocenters. The average molecular weight is 363 g/mol. The number of anilines is 1. The smallest absolute Gasteiger partial charge is 0.321 e. The van der Waals surface area contributed by atoms with E-state index in [-0.39, 0.29) is 17.9 Å². The molecule has 4 rings (SSSR count). The standard InChI is InChI=1S/C20H21N5O2/c1-13-5-3-7-16(9-13)22-20(26)25-11-14(2)17(12-25)19-23-18(24-27-19)15-6-4-8-21-10-15/h3-10,14,17H,11-12H2,1-2H3,(H,22,26). The van der Waals surface area contributed by atoms with Crippen molar-refractivity contribution in [2.45, 2.75) is 19.8 Å². The van der Waals surface area contributed by atoms with Crippen LogP contribution < -0.4 is 5.32 Å². The van der Waals surface area contributed by atoms with E-state index in [1.165, 1.54) is 0 Å². The van der Waals surface area contributed by atoms with Crippen LogP contribution in [0.25, 0.3) is 11.4 Å². The zero-order valence-corrected chi connectivity index (χ0v) is 15.3. The van der Waals surface area contributed by atoms with Crippen LogP contribution in [0.5, 0.6) is 0 Å². The molecule has 3 heterocycles. The first-order valence-corrected chi connectivity index (χ1v) is 8.97. The third-order valence-electron chi connectivity index (χ3n) is 4.85. The highest BCUT2D eigenvalue weighted by Crippen LogP contribution is 2.32. The van der Waals surface area contributed by atoms with Crippen LogP contribution in [0.4, 0.5) is 10.5 Å². The third-order valence-corrected chi connectivity index (χ3v) is 4.85. The van der Waals surface area contributed by atoms with Gasteiger partial charge in [0.25, 0.3) is 0 Å². The number of aryl methyl sites for hydroxylation is 1. The molecule has 1 N–H and O–H groups in total. The van der Waals surface area contributed by atoms with Crippen LogP contribution in [0.3, 0.4) is 0 Å². The summed E-state index contributed by atoms with van der Waals surface area (Å²) in [6.07, 6.45) is 3.41. The fraction of sp³-hybridized carbons (Fsp3) is 0.300. The van der Waals surface area contributed by atoms with Gasteiger partial charge in [-0.15, -0.1) is 0 Å². The van der Waals surface area contributed by atoms with Gasteiger partial charge in [0.15, 0.2) is 0 Å². The normalized spacial score (nSPS) is 19.3. The van der Waals surface area contributed by atoms with E-state index in [1.54, 1.807) is 17.3 Å². The van der Waals surface area contributed by atoms with Gasteiger partial charge < -0.3 is 14.7 Å². The lowest BCUT2D eigenvalue weighted by Gasteiger charge is -2.17. The summed E-state index contributed by atoms with van der Waals surface area (Å²) in [6, 6.07) is 11.4. The van der Waals surface area contributed by atoms with Gasteiger partial charge in [-0.1, -0.05) is 24.2 Å². The van der Waals surface area contributed by atoms with Gasteiger partial charge in [0.05, 0.1) is 5.92 Å². The molecule has 1 aliphatic rings. The predicted octanol–water partition coefficient (Wildman–Crippen LogP) is 3.71. The fourth-order valence-corrected chi connectivity index (χ4v) is 3.38. The highest BCUT2D eigenvalue weighted by Gasteiger charge is 2.37. The molecule has 0 aliphatic carbocycles. The Bertz CT molecular complexity index is 940. The van der Waals surface area contributed by atoms with E-state index < -0.39 is 0 Å². The second kappa shape index (κ2) is 7.19. The quantitative estimate of drug-likeness (QED) is 0.767. The zero-order chi connectivity index (χ0) is 18.8. The summed E-state index contributed by atoms with van der Waals surface area (Å²) in [5.41, 5.74) is 2.72. The molecule has 138 valence electrons. The zero-order valence-electron chi connectivity index (χ0n) is 15.3. The van der Waals surface area contributed by atoms with Crippen molar-refractivity contribution in [1.29, 1.82) is 0 Å². The number of urea groups is 1. The maximum atomic E-state index is 12.6. The number of amides is 2. The van der Waals surface area contributed by atoms with Crippen LogP contribution in [0.1, 0.15) is 24.3 Å². The third kappa shape index (κ3) is 3.67. The van der Waals surface area contributed by atoms with Crippen molar-refractivity contribution in [3.63, 3.8) is 0 Å². The van der Waals surface area contributed by atoms with Crippen molar-refractivity contribution in [2.24, 2.45) is 5.92 Å². The number of benzene rings is 1. The lowest BCUT2D eigenvalue weighted by Crippen LogP contribution is -2.33. The topological polar surface area (TPSA) is 84.2 Å². The van der Waals surface area contributed by atoms with Crippen molar-refractivity contribution in [3.8, 4) is 11.4 Å². The number of carbonyl (C=O) groups excluding carboxylic acids is 1. The monoisotopic (exact) mass is 363 g/mol. The van der Waals surface area contributed by atoms with Crippen LogP contribution in [0.2, 0.25) is 0 Å². The Balaban J connectivity index is 1.45. The van der Waals surface area contributed by atoms with Crippen LogP contribution in [0.15, 0.2) is 53.3 Å². The first-order valence-electron chi connectivity index (χ1n) is 8.97. The Hall–Kier alpha value is -3.22. The molecule has 1 aliphatic heterocycles. The summed E-state index contributed by atoms with van der Waals surface area (Å²) in [7, 11) is 0. The van der Waals surface area contributed by atoms with Gasteiger partial charge in [0, 0.05) is 36.7 Å². The second-order valence-corrected chi connectivity index (χ2v) is 6.99. The number of likely N-dealkylation sites (tertiary alicyclic amines) is 1. The van der Waals surface area contributed by atoms with Gasteiger partial charge in [-0.2, -0.15) is 4.98 Å². The van der Waals surface area contributed by atoms with E-state index in [2.05, 4.69) is 27.4 Å². The lowest BCUT2D eigenvalue weighted by atomic mass is 9.98. The molecule has 1 aromatic carbocycles. The molecule has 0 saturated carbocycles. The molecule has 1 fully saturated rings. The summed E-state index contributed by atoms with van der Waals surface area (Å²) >= 11 is 0. The molecule has 3 aromatic rings. The minimum Gasteiger partial charge on any atom is -0.339 e.